The lowest BCUT2D eigenvalue weighted by Crippen LogP contribution is -2.26. The van der Waals surface area contributed by atoms with Crippen LogP contribution < -0.4 is 5.32 Å². The Morgan fingerprint density at radius 2 is 1.87 bits per heavy atom. The topological polar surface area (TPSA) is 52.9 Å². The molecule has 0 radical (unpaired) electrons. The molecule has 0 saturated heterocycles. The molecular formula is C20H20N2O. The quantitative estimate of drug-likeness (QED) is 0.678. The summed E-state index contributed by atoms with van der Waals surface area (Å²) in [6.45, 7) is 4.55. The van der Waals surface area contributed by atoms with E-state index in [0.717, 1.165) is 23.1 Å². The lowest BCUT2D eigenvalue weighted by Gasteiger charge is -2.05. The van der Waals surface area contributed by atoms with Crippen molar-refractivity contribution in [3.8, 4) is 6.07 Å². The third-order valence-electron chi connectivity index (χ3n) is 3.75. The molecule has 0 aliphatic rings. The summed E-state index contributed by atoms with van der Waals surface area (Å²) in [5.74, 6) is -0.332. The Kier molecular flexibility index (Phi) is 5.71. The predicted octanol–water partition coefficient (Wildman–Crippen LogP) is 3.57. The first kappa shape index (κ1) is 16.5. The van der Waals surface area contributed by atoms with Crippen molar-refractivity contribution in [3.63, 3.8) is 0 Å². The highest BCUT2D eigenvalue weighted by atomic mass is 16.1. The van der Waals surface area contributed by atoms with E-state index in [1.54, 1.807) is 6.08 Å². The van der Waals surface area contributed by atoms with E-state index >= 15 is 0 Å². The fraction of sp³-hybridized carbons (Fsp3) is 0.200. The molecule has 0 fully saturated rings. The van der Waals surface area contributed by atoms with Crippen LogP contribution >= 0.6 is 0 Å². The number of hydrogen-bond donors (Lipinski definition) is 1. The van der Waals surface area contributed by atoms with Gasteiger partial charge in [0, 0.05) is 6.54 Å². The summed E-state index contributed by atoms with van der Waals surface area (Å²) >= 11 is 0. The molecule has 0 aromatic heterocycles. The highest BCUT2D eigenvalue weighted by Crippen LogP contribution is 2.13. The Morgan fingerprint density at radius 1 is 1.13 bits per heavy atom. The van der Waals surface area contributed by atoms with E-state index in [-0.39, 0.29) is 11.5 Å². The zero-order valence-corrected chi connectivity index (χ0v) is 13.5. The number of aryl methyl sites for hydroxylation is 2. The maximum Gasteiger partial charge on any atom is 0.261 e. The smallest absolute Gasteiger partial charge is 0.261 e. The number of nitriles is 1. The van der Waals surface area contributed by atoms with Gasteiger partial charge in [-0.1, -0.05) is 48.5 Å². The van der Waals surface area contributed by atoms with E-state index in [1.807, 2.05) is 68.4 Å². The lowest BCUT2D eigenvalue weighted by atomic mass is 10.0. The van der Waals surface area contributed by atoms with E-state index in [9.17, 15) is 10.1 Å². The largest absolute Gasteiger partial charge is 0.351 e. The highest BCUT2D eigenvalue weighted by molar-refractivity contribution is 6.01. The Morgan fingerprint density at radius 3 is 2.52 bits per heavy atom. The van der Waals surface area contributed by atoms with Crippen LogP contribution in [0.1, 0.15) is 22.3 Å². The normalized spacial score (nSPS) is 10.9. The molecule has 23 heavy (non-hydrogen) atoms. The van der Waals surface area contributed by atoms with Crippen molar-refractivity contribution in [1.82, 2.24) is 5.32 Å². The van der Waals surface area contributed by atoms with E-state index in [1.165, 1.54) is 5.56 Å². The van der Waals surface area contributed by atoms with Gasteiger partial charge in [-0.2, -0.15) is 5.26 Å². The van der Waals surface area contributed by atoms with Gasteiger partial charge in [0.25, 0.3) is 5.91 Å². The average Bonchev–Trinajstić information content (AvgIpc) is 2.56. The number of benzene rings is 2. The minimum Gasteiger partial charge on any atom is -0.351 e. The van der Waals surface area contributed by atoms with Crippen LogP contribution in [-0.2, 0) is 11.2 Å². The maximum atomic E-state index is 12.1. The number of carbonyl (C=O) groups excluding carboxylic acids is 1. The first-order valence-corrected chi connectivity index (χ1v) is 7.61. The zero-order valence-electron chi connectivity index (χ0n) is 13.5. The molecule has 0 aliphatic heterocycles. The molecule has 1 N–H and O–H groups in total. The number of amides is 1. The third-order valence-corrected chi connectivity index (χ3v) is 3.75. The molecule has 0 spiro atoms. The highest BCUT2D eigenvalue weighted by Gasteiger charge is 2.08. The van der Waals surface area contributed by atoms with Gasteiger partial charge >= 0.3 is 0 Å². The molecule has 1 amide bonds. The van der Waals surface area contributed by atoms with Crippen molar-refractivity contribution < 1.29 is 4.79 Å². The van der Waals surface area contributed by atoms with Gasteiger partial charge in [-0.3, -0.25) is 4.79 Å². The second-order valence-corrected chi connectivity index (χ2v) is 5.51. The van der Waals surface area contributed by atoms with Crippen LogP contribution in [0.4, 0.5) is 0 Å². The average molecular weight is 304 g/mol. The van der Waals surface area contributed by atoms with Crippen LogP contribution in [0.25, 0.3) is 6.08 Å². The number of nitrogens with zero attached hydrogens (tertiary/aromatic N) is 1. The van der Waals surface area contributed by atoms with Crippen molar-refractivity contribution in [2.75, 3.05) is 6.54 Å². The minimum atomic E-state index is -0.332. The van der Waals surface area contributed by atoms with Gasteiger partial charge in [-0.25, -0.2) is 0 Å². The third kappa shape index (κ3) is 4.82. The van der Waals surface area contributed by atoms with Crippen molar-refractivity contribution in [3.05, 3.63) is 76.4 Å². The van der Waals surface area contributed by atoms with E-state index in [2.05, 4.69) is 5.32 Å². The Balaban J connectivity index is 1.99. The molecule has 0 saturated carbocycles. The lowest BCUT2D eigenvalue weighted by molar-refractivity contribution is -0.117. The van der Waals surface area contributed by atoms with Gasteiger partial charge in [0.2, 0.25) is 0 Å². The van der Waals surface area contributed by atoms with Crippen LogP contribution in [0.2, 0.25) is 0 Å². The first-order valence-electron chi connectivity index (χ1n) is 7.61. The van der Waals surface area contributed by atoms with Crippen LogP contribution in [0.15, 0.2) is 54.1 Å². The summed E-state index contributed by atoms with van der Waals surface area (Å²) in [6, 6.07) is 17.8. The molecule has 2 aromatic rings. The molecule has 2 rings (SSSR count). The number of hydrogen-bond acceptors (Lipinski definition) is 2. The molecule has 3 heteroatoms. The summed E-state index contributed by atoms with van der Waals surface area (Å²) < 4.78 is 0. The van der Waals surface area contributed by atoms with E-state index < -0.39 is 0 Å². The fourth-order valence-corrected chi connectivity index (χ4v) is 2.23. The van der Waals surface area contributed by atoms with Crippen molar-refractivity contribution in [1.29, 1.82) is 5.26 Å². The molecule has 116 valence electrons. The second-order valence-electron chi connectivity index (χ2n) is 5.51. The van der Waals surface area contributed by atoms with Gasteiger partial charge in [0.1, 0.15) is 11.6 Å². The number of rotatable bonds is 5. The van der Waals surface area contributed by atoms with Gasteiger partial charge in [-0.15, -0.1) is 0 Å². The molecule has 0 aliphatic carbocycles. The van der Waals surface area contributed by atoms with Crippen LogP contribution in [0, 0.1) is 25.2 Å². The molecule has 3 nitrogen and oxygen atoms in total. The molecule has 2 aromatic carbocycles. The molecule has 0 atom stereocenters. The van der Waals surface area contributed by atoms with Crippen LogP contribution in [-0.4, -0.2) is 12.5 Å². The van der Waals surface area contributed by atoms with Gasteiger partial charge in [-0.05, 0) is 48.6 Å². The monoisotopic (exact) mass is 304 g/mol. The summed E-state index contributed by atoms with van der Waals surface area (Å²) in [5.41, 5.74) is 4.47. The van der Waals surface area contributed by atoms with Gasteiger partial charge in [0.05, 0.1) is 0 Å². The van der Waals surface area contributed by atoms with Crippen LogP contribution in [0.5, 0.6) is 0 Å². The Labute approximate surface area is 137 Å². The molecular weight excluding hydrogens is 284 g/mol. The van der Waals surface area contributed by atoms with Gasteiger partial charge in [0.15, 0.2) is 0 Å². The second kappa shape index (κ2) is 7.95. The van der Waals surface area contributed by atoms with E-state index in [4.69, 9.17) is 0 Å². The maximum absolute atomic E-state index is 12.1. The molecule has 0 unspecified atom stereocenters. The van der Waals surface area contributed by atoms with Crippen molar-refractivity contribution in [2.24, 2.45) is 0 Å². The van der Waals surface area contributed by atoms with E-state index in [0.29, 0.717) is 6.54 Å². The Bertz CT molecular complexity index is 755. The zero-order chi connectivity index (χ0) is 16.7. The van der Waals surface area contributed by atoms with Crippen LogP contribution in [0.3, 0.4) is 0 Å². The van der Waals surface area contributed by atoms with Gasteiger partial charge < -0.3 is 5.32 Å². The standard InChI is InChI=1S/C20H20N2O/c1-15-8-9-18(12-16(15)2)13-19(14-21)20(23)22-11-10-17-6-4-3-5-7-17/h3-9,12-13H,10-11H2,1-2H3,(H,22,23)/b19-13+. The fourth-order valence-electron chi connectivity index (χ4n) is 2.23. The summed E-state index contributed by atoms with van der Waals surface area (Å²) in [7, 11) is 0. The summed E-state index contributed by atoms with van der Waals surface area (Å²) in [4.78, 5) is 12.1. The Hall–Kier alpha value is -2.86. The predicted molar refractivity (Wildman–Crippen MR) is 92.7 cm³/mol. The first-order chi connectivity index (χ1) is 11.1. The molecule has 0 heterocycles. The van der Waals surface area contributed by atoms with Crippen molar-refractivity contribution in [2.45, 2.75) is 20.3 Å². The minimum absolute atomic E-state index is 0.126. The van der Waals surface area contributed by atoms with Crippen molar-refractivity contribution >= 4 is 12.0 Å². The number of nitrogens with one attached hydrogen (secondary N) is 1. The summed E-state index contributed by atoms with van der Waals surface area (Å²) in [5, 5.41) is 12.0. The number of carbonyl (C=O) groups is 1. The molecule has 0 bridgehead atoms. The SMILES string of the molecule is Cc1ccc(/C=C(\C#N)C(=O)NCCc2ccccc2)cc1C. The summed E-state index contributed by atoms with van der Waals surface area (Å²) in [6.07, 6.45) is 2.37.